The second kappa shape index (κ2) is 12.9. The Morgan fingerprint density at radius 2 is 1.93 bits per heavy atom. The first-order valence-electron chi connectivity index (χ1n) is 13.0. The zero-order chi connectivity index (χ0) is 31.2. The number of amides is 3. The van der Waals surface area contributed by atoms with Crippen LogP contribution in [0.4, 0.5) is 19.3 Å². The van der Waals surface area contributed by atoms with E-state index in [2.05, 4.69) is 25.3 Å². The highest BCUT2D eigenvalue weighted by molar-refractivity contribution is 5.96. The molecule has 0 saturated heterocycles. The van der Waals surface area contributed by atoms with Crippen molar-refractivity contribution in [2.45, 2.75) is 50.8 Å². The number of alkyl halides is 2. The minimum atomic E-state index is -3.60. The van der Waals surface area contributed by atoms with Gasteiger partial charge in [0.2, 0.25) is 11.8 Å². The van der Waals surface area contributed by atoms with Crippen molar-refractivity contribution >= 4 is 34.6 Å². The Balaban J connectivity index is 1.81. The second-order valence-corrected chi connectivity index (χ2v) is 10.3. The number of anilines is 1. The van der Waals surface area contributed by atoms with E-state index in [-0.39, 0.29) is 42.3 Å². The lowest BCUT2D eigenvalue weighted by Crippen LogP contribution is -2.44. The molecule has 0 fully saturated rings. The molecular weight excluding hydrogens is 554 g/mol. The average molecular weight is 589 g/mol. The number of para-hydroxylation sites is 1. The number of allylic oxidation sites excluding steroid dienone is 1. The summed E-state index contributed by atoms with van der Waals surface area (Å²) < 4.78 is 35.7. The van der Waals surface area contributed by atoms with Crippen molar-refractivity contribution in [3.63, 3.8) is 0 Å². The number of nitrogens with zero attached hydrogens (tertiary/aromatic N) is 3. The third kappa shape index (κ3) is 7.37. The molecule has 2 aromatic heterocycles. The molecule has 14 heteroatoms. The number of hydrogen-bond donors (Lipinski definition) is 4. The Morgan fingerprint density at radius 3 is 2.57 bits per heavy atom. The number of H-pyrrole nitrogens is 1. The van der Waals surface area contributed by atoms with Gasteiger partial charge in [0, 0.05) is 20.3 Å². The lowest BCUT2D eigenvalue weighted by Gasteiger charge is -2.29. The van der Waals surface area contributed by atoms with Gasteiger partial charge >= 0.3 is 12.0 Å². The van der Waals surface area contributed by atoms with E-state index in [4.69, 9.17) is 0 Å². The van der Waals surface area contributed by atoms with Crippen LogP contribution in [0.15, 0.2) is 53.5 Å². The lowest BCUT2D eigenvalue weighted by molar-refractivity contribution is -0.167. The SMILES string of the molecule is COC(=O)NC(CC/C=C/C(=O)N(C)C)C(=O)Nc1cccn(Cc2nc3c(C(F)(F)C(C)(C)O)cccc3[nH]2)c1=O. The van der Waals surface area contributed by atoms with Gasteiger partial charge in [-0.3, -0.25) is 14.4 Å². The fourth-order valence-electron chi connectivity index (χ4n) is 3.94. The van der Waals surface area contributed by atoms with E-state index < -0.39 is 40.7 Å². The number of alkyl carbamates (subject to hydrolysis) is 1. The minimum absolute atomic E-state index is 0.0461. The molecule has 1 atom stereocenters. The molecule has 0 aliphatic rings. The van der Waals surface area contributed by atoms with E-state index in [1.165, 1.54) is 46.0 Å². The number of pyridine rings is 1. The van der Waals surface area contributed by atoms with Gasteiger partial charge in [0.05, 0.1) is 30.3 Å². The molecule has 2 heterocycles. The molecular formula is C28H34F2N6O6. The van der Waals surface area contributed by atoms with Crippen LogP contribution in [-0.2, 0) is 26.8 Å². The Bertz CT molecular complexity index is 1540. The Hall–Kier alpha value is -4.59. The Morgan fingerprint density at radius 1 is 1.21 bits per heavy atom. The molecule has 0 aliphatic carbocycles. The number of hydrogen-bond acceptors (Lipinski definition) is 7. The summed E-state index contributed by atoms with van der Waals surface area (Å²) in [5, 5.41) is 14.9. The van der Waals surface area contributed by atoms with Gasteiger partial charge < -0.3 is 34.9 Å². The number of carbonyl (C=O) groups is 3. The van der Waals surface area contributed by atoms with Crippen LogP contribution in [-0.4, -0.2) is 75.3 Å². The maximum absolute atomic E-state index is 14.9. The Labute approximate surface area is 240 Å². The molecule has 0 spiro atoms. The fraction of sp³-hybridized carbons (Fsp3) is 0.393. The molecule has 0 bridgehead atoms. The van der Waals surface area contributed by atoms with E-state index >= 15 is 0 Å². The Kier molecular flexibility index (Phi) is 9.83. The second-order valence-electron chi connectivity index (χ2n) is 10.3. The van der Waals surface area contributed by atoms with Crippen molar-refractivity contribution in [3.05, 3.63) is 70.4 Å². The van der Waals surface area contributed by atoms with Crippen LogP contribution in [0.2, 0.25) is 0 Å². The van der Waals surface area contributed by atoms with Gasteiger partial charge in [0.1, 0.15) is 23.2 Å². The number of benzene rings is 1. The van der Waals surface area contributed by atoms with Crippen LogP contribution in [0.5, 0.6) is 0 Å². The van der Waals surface area contributed by atoms with Gasteiger partial charge in [-0.15, -0.1) is 0 Å². The minimum Gasteiger partial charge on any atom is -0.453 e. The predicted molar refractivity (Wildman–Crippen MR) is 151 cm³/mol. The van der Waals surface area contributed by atoms with E-state index in [0.717, 1.165) is 21.0 Å². The highest BCUT2D eigenvalue weighted by atomic mass is 19.3. The molecule has 226 valence electrons. The van der Waals surface area contributed by atoms with Gasteiger partial charge in [-0.1, -0.05) is 18.2 Å². The number of aromatic nitrogens is 3. The number of imidazole rings is 1. The highest BCUT2D eigenvalue weighted by Crippen LogP contribution is 2.41. The van der Waals surface area contributed by atoms with Gasteiger partial charge in [-0.2, -0.15) is 8.78 Å². The summed E-state index contributed by atoms with van der Waals surface area (Å²) in [6.45, 7) is 1.87. The predicted octanol–water partition coefficient (Wildman–Crippen LogP) is 2.72. The van der Waals surface area contributed by atoms with Crippen LogP contribution in [0.3, 0.4) is 0 Å². The zero-order valence-corrected chi connectivity index (χ0v) is 23.9. The number of aliphatic hydroxyl groups is 1. The monoisotopic (exact) mass is 588 g/mol. The maximum atomic E-state index is 14.9. The number of rotatable bonds is 11. The summed E-state index contributed by atoms with van der Waals surface area (Å²) >= 11 is 0. The van der Waals surface area contributed by atoms with Gasteiger partial charge in [0.25, 0.3) is 5.56 Å². The summed E-state index contributed by atoms with van der Waals surface area (Å²) in [6.07, 6.45) is 3.86. The van der Waals surface area contributed by atoms with Crippen molar-refractivity contribution in [2.24, 2.45) is 0 Å². The van der Waals surface area contributed by atoms with Crippen molar-refractivity contribution in [1.29, 1.82) is 0 Å². The number of fused-ring (bicyclic) bond motifs is 1. The van der Waals surface area contributed by atoms with Crippen molar-refractivity contribution in [3.8, 4) is 0 Å². The third-order valence-electron chi connectivity index (χ3n) is 6.38. The summed E-state index contributed by atoms with van der Waals surface area (Å²) in [5.74, 6) is -4.34. The smallest absolute Gasteiger partial charge is 0.407 e. The van der Waals surface area contributed by atoms with Crippen LogP contribution in [0.1, 0.15) is 38.1 Å². The molecule has 42 heavy (non-hydrogen) atoms. The number of methoxy groups -OCH3 is 1. The molecule has 0 saturated carbocycles. The number of halogens is 2. The van der Waals surface area contributed by atoms with Crippen molar-refractivity contribution in [1.82, 2.24) is 24.8 Å². The maximum Gasteiger partial charge on any atom is 0.407 e. The van der Waals surface area contributed by atoms with Gasteiger partial charge in [0.15, 0.2) is 0 Å². The molecule has 3 amide bonds. The number of nitrogens with one attached hydrogen (secondary N) is 3. The summed E-state index contributed by atoms with van der Waals surface area (Å²) in [4.78, 5) is 58.3. The standard InChI is InChI=1S/C28H34F2N6O6/c1-27(2,41)28(29,30)17-10-8-12-18-23(17)34-21(31-18)16-36-15-9-13-20(25(36)39)32-24(38)19(33-26(40)42-5)11-6-7-14-22(37)35(3)4/h7-10,12-15,19,41H,6,11,16H2,1-5H3,(H,31,34)(H,32,38)(H,33,40)/b14-7+. The number of carbonyl (C=O) groups excluding carboxylic acids is 3. The zero-order valence-electron chi connectivity index (χ0n) is 23.9. The first kappa shape index (κ1) is 31.9. The first-order valence-corrected chi connectivity index (χ1v) is 13.0. The van der Waals surface area contributed by atoms with Crippen LogP contribution in [0.25, 0.3) is 11.0 Å². The molecule has 1 unspecified atom stereocenters. The van der Waals surface area contributed by atoms with Crippen molar-refractivity contribution < 1.29 is 33.0 Å². The van der Waals surface area contributed by atoms with Gasteiger partial charge in [-0.25, -0.2) is 9.78 Å². The van der Waals surface area contributed by atoms with Crippen molar-refractivity contribution in [2.75, 3.05) is 26.5 Å². The number of aromatic amines is 1. The van der Waals surface area contributed by atoms with Crippen LogP contribution in [0, 0.1) is 0 Å². The summed E-state index contributed by atoms with van der Waals surface area (Å²) in [5.41, 5.74) is -3.26. The normalized spacial score (nSPS) is 12.8. The molecule has 3 rings (SSSR count). The summed E-state index contributed by atoms with van der Waals surface area (Å²) in [6, 6.07) is 5.94. The van der Waals surface area contributed by atoms with E-state index in [0.29, 0.717) is 5.52 Å². The third-order valence-corrected chi connectivity index (χ3v) is 6.38. The van der Waals surface area contributed by atoms with E-state index in [9.17, 15) is 33.1 Å². The topological polar surface area (TPSA) is 159 Å². The quantitative estimate of drug-likeness (QED) is 0.251. The first-order chi connectivity index (χ1) is 19.7. The lowest BCUT2D eigenvalue weighted by atomic mass is 9.92. The molecule has 0 aliphatic heterocycles. The molecule has 4 N–H and O–H groups in total. The molecule has 3 aromatic rings. The van der Waals surface area contributed by atoms with Crippen LogP contribution >= 0.6 is 0 Å². The molecule has 0 radical (unpaired) electrons. The largest absolute Gasteiger partial charge is 0.453 e. The van der Waals surface area contributed by atoms with Crippen LogP contribution < -0.4 is 16.2 Å². The molecule has 12 nitrogen and oxygen atoms in total. The highest BCUT2D eigenvalue weighted by Gasteiger charge is 2.48. The number of likely N-dealkylation sites (N-methyl/N-ethyl adjacent to an activating group) is 1. The summed E-state index contributed by atoms with van der Waals surface area (Å²) in [7, 11) is 4.33. The molecule has 1 aromatic carbocycles. The van der Waals surface area contributed by atoms with E-state index in [1.54, 1.807) is 26.2 Å². The fourth-order valence-corrected chi connectivity index (χ4v) is 3.94. The van der Waals surface area contributed by atoms with E-state index in [1.807, 2.05) is 0 Å². The van der Waals surface area contributed by atoms with Gasteiger partial charge in [-0.05, 0) is 51.0 Å². The number of ether oxygens (including phenoxy) is 1. The average Bonchev–Trinajstić information content (AvgIpc) is 3.34.